The van der Waals surface area contributed by atoms with Gasteiger partial charge in [-0.2, -0.15) is 0 Å². The van der Waals surface area contributed by atoms with Crippen molar-refractivity contribution in [2.45, 2.75) is 32.4 Å². The van der Waals surface area contributed by atoms with Gasteiger partial charge in [-0.05, 0) is 19.8 Å². The number of guanidine groups is 1. The number of hydrogen-bond donors (Lipinski definition) is 3. The van der Waals surface area contributed by atoms with Gasteiger partial charge in [0.2, 0.25) is 0 Å². The molecule has 1 atom stereocenters. The molecule has 1 unspecified atom stereocenters. The van der Waals surface area contributed by atoms with Crippen molar-refractivity contribution in [2.75, 3.05) is 6.61 Å². The van der Waals surface area contributed by atoms with Crippen LogP contribution in [0.2, 0.25) is 0 Å². The van der Waals surface area contributed by atoms with Crippen LogP contribution in [0.15, 0.2) is 4.99 Å². The smallest absolute Gasteiger partial charge is 0.305 e. The van der Waals surface area contributed by atoms with E-state index in [1.165, 1.54) is 0 Å². The Labute approximate surface area is 83.5 Å². The standard InChI is InChI=1S/C8H18N4O2/c1-2-14-7(13)5-3-4-6(9)12-8(10)11/h6H,2-5,9H2,1H3,(H4,10,11,12). The van der Waals surface area contributed by atoms with Gasteiger partial charge < -0.3 is 21.9 Å². The normalized spacial score (nSPS) is 11.9. The molecule has 0 aromatic rings. The molecule has 0 spiro atoms. The van der Waals surface area contributed by atoms with E-state index in [0.717, 1.165) is 0 Å². The second kappa shape index (κ2) is 7.14. The van der Waals surface area contributed by atoms with Crippen LogP contribution in [0.3, 0.4) is 0 Å². The molecule has 0 saturated carbocycles. The van der Waals surface area contributed by atoms with Crippen LogP contribution < -0.4 is 17.2 Å². The minimum Gasteiger partial charge on any atom is -0.466 e. The number of rotatable bonds is 6. The minimum atomic E-state index is -0.436. The van der Waals surface area contributed by atoms with Crippen LogP contribution in [0.4, 0.5) is 0 Å². The van der Waals surface area contributed by atoms with E-state index in [0.29, 0.717) is 25.9 Å². The summed E-state index contributed by atoms with van der Waals surface area (Å²) in [7, 11) is 0. The zero-order valence-corrected chi connectivity index (χ0v) is 8.40. The number of aliphatic imine (C=N–C) groups is 1. The van der Waals surface area contributed by atoms with E-state index in [9.17, 15) is 4.79 Å². The van der Waals surface area contributed by atoms with E-state index in [-0.39, 0.29) is 11.9 Å². The number of esters is 1. The maximum absolute atomic E-state index is 10.9. The van der Waals surface area contributed by atoms with Crippen LogP contribution >= 0.6 is 0 Å². The molecule has 0 aliphatic carbocycles. The predicted octanol–water partition coefficient (Wildman–Crippen LogP) is -0.722. The first-order chi connectivity index (χ1) is 6.56. The number of carbonyl (C=O) groups excluding carboxylic acids is 1. The van der Waals surface area contributed by atoms with E-state index >= 15 is 0 Å². The first kappa shape index (κ1) is 12.7. The quantitative estimate of drug-likeness (QED) is 0.298. The fourth-order valence-corrected chi connectivity index (χ4v) is 0.945. The highest BCUT2D eigenvalue weighted by Gasteiger charge is 2.04. The lowest BCUT2D eigenvalue weighted by molar-refractivity contribution is -0.143. The Kier molecular flexibility index (Phi) is 6.47. The third-order valence-electron chi connectivity index (χ3n) is 1.50. The molecule has 0 aliphatic heterocycles. The second-order valence-corrected chi connectivity index (χ2v) is 2.82. The molecule has 14 heavy (non-hydrogen) atoms. The maximum Gasteiger partial charge on any atom is 0.305 e. The average molecular weight is 202 g/mol. The number of nitrogens with two attached hydrogens (primary N) is 3. The van der Waals surface area contributed by atoms with Crippen molar-refractivity contribution in [3.05, 3.63) is 0 Å². The van der Waals surface area contributed by atoms with Gasteiger partial charge in [0.05, 0.1) is 6.61 Å². The third-order valence-corrected chi connectivity index (χ3v) is 1.50. The van der Waals surface area contributed by atoms with Gasteiger partial charge >= 0.3 is 5.97 Å². The number of ether oxygens (including phenoxy) is 1. The lowest BCUT2D eigenvalue weighted by atomic mass is 10.2. The molecule has 0 amide bonds. The fraction of sp³-hybridized carbons (Fsp3) is 0.750. The van der Waals surface area contributed by atoms with Crippen molar-refractivity contribution < 1.29 is 9.53 Å². The summed E-state index contributed by atoms with van der Waals surface area (Å²) in [5.74, 6) is -0.252. The van der Waals surface area contributed by atoms with E-state index < -0.39 is 6.17 Å². The van der Waals surface area contributed by atoms with Crippen LogP contribution in [-0.4, -0.2) is 24.7 Å². The Hall–Kier alpha value is -1.30. The Bertz CT molecular complexity index is 202. The Balaban J connectivity index is 3.54. The van der Waals surface area contributed by atoms with Crippen LogP contribution in [0.25, 0.3) is 0 Å². The molecular weight excluding hydrogens is 184 g/mol. The molecule has 82 valence electrons. The Morgan fingerprint density at radius 2 is 2.14 bits per heavy atom. The highest BCUT2D eigenvalue weighted by molar-refractivity contribution is 5.75. The molecule has 6 N–H and O–H groups in total. The van der Waals surface area contributed by atoms with Crippen LogP contribution in [-0.2, 0) is 9.53 Å². The molecule has 0 aromatic heterocycles. The SMILES string of the molecule is CCOC(=O)CCCC(N)N=C(N)N. The van der Waals surface area contributed by atoms with Gasteiger partial charge in [-0.25, -0.2) is 4.99 Å². The summed E-state index contributed by atoms with van der Waals surface area (Å²) < 4.78 is 4.74. The number of hydrogen-bond acceptors (Lipinski definition) is 4. The molecule has 0 saturated heterocycles. The van der Waals surface area contributed by atoms with Crippen molar-refractivity contribution in [1.29, 1.82) is 0 Å². The number of carbonyl (C=O) groups is 1. The molecule has 0 radical (unpaired) electrons. The summed E-state index contributed by atoms with van der Waals surface area (Å²) in [6, 6.07) is 0. The topological polar surface area (TPSA) is 117 Å². The fourth-order valence-electron chi connectivity index (χ4n) is 0.945. The largest absolute Gasteiger partial charge is 0.466 e. The summed E-state index contributed by atoms with van der Waals surface area (Å²) in [5, 5.41) is 0. The first-order valence-electron chi connectivity index (χ1n) is 4.56. The van der Waals surface area contributed by atoms with Crippen LogP contribution in [0.5, 0.6) is 0 Å². The lowest BCUT2D eigenvalue weighted by Crippen LogP contribution is -2.29. The van der Waals surface area contributed by atoms with Gasteiger partial charge in [-0.1, -0.05) is 0 Å². The van der Waals surface area contributed by atoms with Gasteiger partial charge in [0.1, 0.15) is 6.17 Å². The molecule has 0 aliphatic rings. The highest BCUT2D eigenvalue weighted by Crippen LogP contribution is 2.01. The van der Waals surface area contributed by atoms with Gasteiger partial charge in [0.25, 0.3) is 0 Å². The molecule has 6 nitrogen and oxygen atoms in total. The molecule has 0 rings (SSSR count). The van der Waals surface area contributed by atoms with Gasteiger partial charge in [-0.3, -0.25) is 4.79 Å². The zero-order valence-electron chi connectivity index (χ0n) is 8.40. The van der Waals surface area contributed by atoms with Gasteiger partial charge in [0, 0.05) is 6.42 Å². The van der Waals surface area contributed by atoms with E-state index in [4.69, 9.17) is 21.9 Å². The van der Waals surface area contributed by atoms with Crippen LogP contribution in [0.1, 0.15) is 26.2 Å². The van der Waals surface area contributed by atoms with Crippen molar-refractivity contribution in [3.8, 4) is 0 Å². The van der Waals surface area contributed by atoms with Gasteiger partial charge in [-0.15, -0.1) is 0 Å². The molecular formula is C8H18N4O2. The van der Waals surface area contributed by atoms with Gasteiger partial charge in [0.15, 0.2) is 5.96 Å². The molecule has 6 heteroatoms. The summed E-state index contributed by atoms with van der Waals surface area (Å²) >= 11 is 0. The Morgan fingerprint density at radius 1 is 1.50 bits per heavy atom. The van der Waals surface area contributed by atoms with E-state index in [1.54, 1.807) is 6.92 Å². The Morgan fingerprint density at radius 3 is 2.64 bits per heavy atom. The second-order valence-electron chi connectivity index (χ2n) is 2.82. The highest BCUT2D eigenvalue weighted by atomic mass is 16.5. The first-order valence-corrected chi connectivity index (χ1v) is 4.56. The summed E-state index contributed by atoms with van der Waals surface area (Å²) in [6.07, 6.45) is 1.10. The van der Waals surface area contributed by atoms with Crippen LogP contribution in [0, 0.1) is 0 Å². The van der Waals surface area contributed by atoms with Crippen molar-refractivity contribution in [3.63, 3.8) is 0 Å². The van der Waals surface area contributed by atoms with E-state index in [1.807, 2.05) is 0 Å². The molecule has 0 fully saturated rings. The summed E-state index contributed by atoms with van der Waals surface area (Å²) in [5.41, 5.74) is 15.8. The van der Waals surface area contributed by atoms with E-state index in [2.05, 4.69) is 4.99 Å². The van der Waals surface area contributed by atoms with Crippen molar-refractivity contribution in [1.82, 2.24) is 0 Å². The summed E-state index contributed by atoms with van der Waals surface area (Å²) in [4.78, 5) is 14.6. The lowest BCUT2D eigenvalue weighted by Gasteiger charge is -2.06. The molecule has 0 aromatic carbocycles. The van der Waals surface area contributed by atoms with Crippen molar-refractivity contribution in [2.24, 2.45) is 22.2 Å². The number of nitrogens with zero attached hydrogens (tertiary/aromatic N) is 1. The maximum atomic E-state index is 10.9. The predicted molar refractivity (Wildman–Crippen MR) is 54.3 cm³/mol. The van der Waals surface area contributed by atoms with Crippen molar-refractivity contribution >= 4 is 11.9 Å². The molecule has 0 heterocycles. The average Bonchev–Trinajstić information content (AvgIpc) is 2.02. The zero-order chi connectivity index (χ0) is 11.0. The third kappa shape index (κ3) is 7.35. The minimum absolute atomic E-state index is 0.0337. The molecule has 0 bridgehead atoms. The monoisotopic (exact) mass is 202 g/mol. The summed E-state index contributed by atoms with van der Waals surface area (Å²) in [6.45, 7) is 2.17.